The number of aryl methyl sites for hydroxylation is 1. The van der Waals surface area contributed by atoms with Crippen molar-refractivity contribution in [3.05, 3.63) is 35.8 Å². The highest BCUT2D eigenvalue weighted by Gasteiger charge is 2.20. The largest absolute Gasteiger partial charge is 0.387 e. The van der Waals surface area contributed by atoms with Gasteiger partial charge < -0.3 is 25.1 Å². The van der Waals surface area contributed by atoms with E-state index in [1.54, 1.807) is 13.1 Å². The summed E-state index contributed by atoms with van der Waals surface area (Å²) in [5.74, 6) is 2.05. The van der Waals surface area contributed by atoms with E-state index in [1.807, 2.05) is 12.1 Å². The number of hydrogen-bond acceptors (Lipinski definition) is 9. The van der Waals surface area contributed by atoms with Gasteiger partial charge in [0.15, 0.2) is 5.82 Å². The van der Waals surface area contributed by atoms with Crippen LogP contribution in [0.25, 0.3) is 10.9 Å². The molecule has 180 valence electrons. The third kappa shape index (κ3) is 4.76. The molecular formula is C25H34N8O. The first-order valence-corrected chi connectivity index (χ1v) is 12.3. The standard InChI is InChI=1S/C25H34N8O/c1-17-21(32-13-11-31(3)12-14-32)7-8-22(27-17)29-25-26-16-19-15-20(18(2)34)28-24(23(19)30-25)33-9-5-4-6-10-33/h7-8,15-16,18,34H,4-6,9-14H2,1-3H3,(H,26,27,29,30). The van der Waals surface area contributed by atoms with Crippen molar-refractivity contribution in [1.29, 1.82) is 0 Å². The van der Waals surface area contributed by atoms with Crippen LogP contribution in [0.4, 0.5) is 23.3 Å². The summed E-state index contributed by atoms with van der Waals surface area (Å²) >= 11 is 0. The van der Waals surface area contributed by atoms with E-state index in [0.29, 0.717) is 11.6 Å². The third-order valence-electron chi connectivity index (χ3n) is 6.79. The highest BCUT2D eigenvalue weighted by Crippen LogP contribution is 2.30. The van der Waals surface area contributed by atoms with Crippen LogP contribution in [0.1, 0.15) is 43.7 Å². The molecule has 3 aromatic heterocycles. The Bertz CT molecular complexity index is 1150. The average molecular weight is 463 g/mol. The number of fused-ring (bicyclic) bond motifs is 1. The van der Waals surface area contributed by atoms with E-state index in [2.05, 4.69) is 45.0 Å². The third-order valence-corrected chi connectivity index (χ3v) is 6.79. The molecule has 9 heteroatoms. The van der Waals surface area contributed by atoms with Gasteiger partial charge in [0.05, 0.1) is 23.2 Å². The molecule has 0 bridgehead atoms. The van der Waals surface area contributed by atoms with Crippen molar-refractivity contribution in [3.8, 4) is 0 Å². The van der Waals surface area contributed by atoms with Crippen LogP contribution >= 0.6 is 0 Å². The summed E-state index contributed by atoms with van der Waals surface area (Å²) < 4.78 is 0. The van der Waals surface area contributed by atoms with Crippen LogP contribution in [0.5, 0.6) is 0 Å². The summed E-state index contributed by atoms with van der Waals surface area (Å²) in [6.07, 6.45) is 4.68. The zero-order valence-corrected chi connectivity index (χ0v) is 20.3. The predicted molar refractivity (Wildman–Crippen MR) is 136 cm³/mol. The van der Waals surface area contributed by atoms with E-state index in [4.69, 9.17) is 15.0 Å². The van der Waals surface area contributed by atoms with Crippen molar-refractivity contribution >= 4 is 34.2 Å². The molecule has 0 spiro atoms. The fourth-order valence-electron chi connectivity index (χ4n) is 4.76. The molecule has 2 N–H and O–H groups in total. The summed E-state index contributed by atoms with van der Waals surface area (Å²) in [6.45, 7) is 9.85. The van der Waals surface area contributed by atoms with Crippen LogP contribution < -0.4 is 15.1 Å². The number of likely N-dealkylation sites (N-methyl/N-ethyl adjacent to an activating group) is 1. The molecule has 5 rings (SSSR count). The van der Waals surface area contributed by atoms with Crippen molar-refractivity contribution in [2.45, 2.75) is 39.2 Å². The monoisotopic (exact) mass is 462 g/mol. The minimum atomic E-state index is -0.642. The Balaban J connectivity index is 1.43. The van der Waals surface area contributed by atoms with Crippen LogP contribution in [0.3, 0.4) is 0 Å². The van der Waals surface area contributed by atoms with Gasteiger partial charge in [-0.15, -0.1) is 0 Å². The SMILES string of the molecule is Cc1nc(Nc2ncc3cc(C(C)O)nc(N4CCCCC4)c3n2)ccc1N1CCN(C)CC1. The normalized spacial score (nSPS) is 18.4. The number of pyridine rings is 2. The number of piperazine rings is 1. The van der Waals surface area contributed by atoms with E-state index >= 15 is 0 Å². The van der Waals surface area contributed by atoms with Gasteiger partial charge in [-0.2, -0.15) is 0 Å². The number of anilines is 4. The molecule has 0 saturated carbocycles. The molecule has 0 amide bonds. The summed E-state index contributed by atoms with van der Waals surface area (Å²) in [7, 11) is 2.16. The van der Waals surface area contributed by atoms with Crippen LogP contribution in [-0.4, -0.2) is 76.3 Å². The molecule has 2 fully saturated rings. The Labute approximate surface area is 200 Å². The van der Waals surface area contributed by atoms with Gasteiger partial charge >= 0.3 is 0 Å². The van der Waals surface area contributed by atoms with Crippen molar-refractivity contribution < 1.29 is 5.11 Å². The van der Waals surface area contributed by atoms with E-state index in [1.165, 1.54) is 12.1 Å². The Kier molecular flexibility index (Phi) is 6.47. The maximum absolute atomic E-state index is 10.2. The smallest absolute Gasteiger partial charge is 0.229 e. The Morgan fingerprint density at radius 2 is 1.71 bits per heavy atom. The van der Waals surface area contributed by atoms with Crippen molar-refractivity contribution in [1.82, 2.24) is 24.8 Å². The van der Waals surface area contributed by atoms with Gasteiger partial charge in [-0.1, -0.05) is 0 Å². The molecule has 2 aliphatic heterocycles. The zero-order valence-electron chi connectivity index (χ0n) is 20.3. The van der Waals surface area contributed by atoms with Gasteiger partial charge in [0.25, 0.3) is 0 Å². The number of rotatable bonds is 5. The number of piperidine rings is 1. The summed E-state index contributed by atoms with van der Waals surface area (Å²) in [5, 5.41) is 14.3. The van der Waals surface area contributed by atoms with Crippen molar-refractivity contribution in [2.75, 3.05) is 61.4 Å². The molecule has 3 aromatic rings. The first-order valence-electron chi connectivity index (χ1n) is 12.3. The van der Waals surface area contributed by atoms with Gasteiger partial charge in [-0.3, -0.25) is 0 Å². The number of aliphatic hydroxyl groups excluding tert-OH is 1. The second-order valence-corrected chi connectivity index (χ2v) is 9.44. The maximum atomic E-state index is 10.2. The summed E-state index contributed by atoms with van der Waals surface area (Å²) in [4.78, 5) is 26.0. The van der Waals surface area contributed by atoms with E-state index in [0.717, 1.165) is 80.3 Å². The van der Waals surface area contributed by atoms with Gasteiger partial charge in [-0.05, 0) is 58.4 Å². The molecule has 5 heterocycles. The van der Waals surface area contributed by atoms with Crippen molar-refractivity contribution in [2.24, 2.45) is 0 Å². The lowest BCUT2D eigenvalue weighted by Gasteiger charge is -2.34. The zero-order chi connectivity index (χ0) is 23.7. The number of nitrogens with zero attached hydrogens (tertiary/aromatic N) is 7. The summed E-state index contributed by atoms with van der Waals surface area (Å²) in [5.41, 5.74) is 3.62. The second-order valence-electron chi connectivity index (χ2n) is 9.44. The lowest BCUT2D eigenvalue weighted by molar-refractivity contribution is 0.194. The van der Waals surface area contributed by atoms with Gasteiger partial charge in [0.2, 0.25) is 5.95 Å². The number of hydrogen-bond donors (Lipinski definition) is 2. The molecule has 1 atom stereocenters. The fourth-order valence-corrected chi connectivity index (χ4v) is 4.76. The van der Waals surface area contributed by atoms with Crippen LogP contribution in [0.15, 0.2) is 24.4 Å². The topological polar surface area (TPSA) is 93.5 Å². The summed E-state index contributed by atoms with van der Waals surface area (Å²) in [6, 6.07) is 6.01. The molecule has 0 aliphatic carbocycles. The lowest BCUT2D eigenvalue weighted by atomic mass is 10.1. The molecule has 9 nitrogen and oxygen atoms in total. The molecule has 1 unspecified atom stereocenters. The maximum Gasteiger partial charge on any atom is 0.229 e. The highest BCUT2D eigenvalue weighted by atomic mass is 16.3. The number of nitrogens with one attached hydrogen (secondary N) is 1. The van der Waals surface area contributed by atoms with Crippen LogP contribution in [-0.2, 0) is 0 Å². The predicted octanol–water partition coefficient (Wildman–Crippen LogP) is 3.27. The van der Waals surface area contributed by atoms with Gasteiger partial charge in [-0.25, -0.2) is 19.9 Å². The first kappa shape index (κ1) is 22.7. The molecule has 0 radical (unpaired) electrons. The molecule has 2 aliphatic rings. The Morgan fingerprint density at radius 1 is 0.941 bits per heavy atom. The Hall–Kier alpha value is -3.04. The minimum absolute atomic E-state index is 0.497. The van der Waals surface area contributed by atoms with E-state index < -0.39 is 6.10 Å². The average Bonchev–Trinajstić information content (AvgIpc) is 2.85. The van der Waals surface area contributed by atoms with E-state index in [-0.39, 0.29) is 0 Å². The quantitative estimate of drug-likeness (QED) is 0.592. The molecule has 34 heavy (non-hydrogen) atoms. The minimum Gasteiger partial charge on any atom is -0.387 e. The lowest BCUT2D eigenvalue weighted by Crippen LogP contribution is -2.44. The number of aliphatic hydroxyl groups is 1. The van der Waals surface area contributed by atoms with Crippen LogP contribution in [0, 0.1) is 6.92 Å². The first-order chi connectivity index (χ1) is 16.5. The Morgan fingerprint density at radius 3 is 2.41 bits per heavy atom. The van der Waals surface area contributed by atoms with Gasteiger partial charge in [0.1, 0.15) is 11.3 Å². The molecular weight excluding hydrogens is 428 g/mol. The van der Waals surface area contributed by atoms with Crippen LogP contribution in [0.2, 0.25) is 0 Å². The molecule has 2 saturated heterocycles. The van der Waals surface area contributed by atoms with Crippen molar-refractivity contribution in [3.63, 3.8) is 0 Å². The highest BCUT2D eigenvalue weighted by molar-refractivity contribution is 5.89. The molecule has 0 aromatic carbocycles. The van der Waals surface area contributed by atoms with E-state index in [9.17, 15) is 5.11 Å². The fraction of sp³-hybridized carbons (Fsp3) is 0.520. The second kappa shape index (κ2) is 9.68. The van der Waals surface area contributed by atoms with Gasteiger partial charge in [0, 0.05) is 50.9 Å². The number of aromatic nitrogens is 4.